The molecule has 0 spiro atoms. The Morgan fingerprint density at radius 1 is 0.929 bits per heavy atom. The van der Waals surface area contributed by atoms with Crippen LogP contribution in [-0.4, -0.2) is 11.6 Å². The molecule has 3 nitrogen and oxygen atoms in total. The Bertz CT molecular complexity index is 958. The van der Waals surface area contributed by atoms with Gasteiger partial charge in [0.2, 0.25) is 5.91 Å². The van der Waals surface area contributed by atoms with Gasteiger partial charge in [0, 0.05) is 10.4 Å². The van der Waals surface area contributed by atoms with E-state index in [1.54, 1.807) is 0 Å². The molecule has 4 rings (SSSR count). The highest BCUT2D eigenvalue weighted by Crippen LogP contribution is 2.58. The zero-order valence-electron chi connectivity index (χ0n) is 15.6. The van der Waals surface area contributed by atoms with E-state index in [1.807, 2.05) is 67.6 Å². The van der Waals surface area contributed by atoms with Crippen molar-refractivity contribution in [3.63, 3.8) is 0 Å². The van der Waals surface area contributed by atoms with Crippen LogP contribution in [0, 0.1) is 5.92 Å². The van der Waals surface area contributed by atoms with Crippen molar-refractivity contribution in [1.82, 2.24) is 5.43 Å². The third-order valence-electron chi connectivity index (χ3n) is 5.45. The van der Waals surface area contributed by atoms with Gasteiger partial charge in [0.05, 0.1) is 11.6 Å². The largest absolute Gasteiger partial charge is 0.273 e. The highest BCUT2D eigenvalue weighted by Gasteiger charge is 2.60. The predicted octanol–water partition coefficient (Wildman–Crippen LogP) is 5.19. The van der Waals surface area contributed by atoms with Crippen LogP contribution in [0.3, 0.4) is 0 Å². The lowest BCUT2D eigenvalue weighted by atomic mass is 9.85. The number of carbonyl (C=O) groups is 1. The fraction of sp³-hybridized carbons (Fsp3) is 0.167. The van der Waals surface area contributed by atoms with Crippen LogP contribution >= 0.6 is 11.6 Å². The molecule has 1 atom stereocenters. The summed E-state index contributed by atoms with van der Waals surface area (Å²) in [6.45, 7) is 1.87. The molecule has 1 N–H and O–H groups in total. The van der Waals surface area contributed by atoms with Crippen LogP contribution in [0.15, 0.2) is 90.0 Å². The summed E-state index contributed by atoms with van der Waals surface area (Å²) in [6, 6.07) is 27.9. The Balaban J connectivity index is 1.56. The number of halogens is 1. The normalized spacial score (nSPS) is 17.8. The van der Waals surface area contributed by atoms with Gasteiger partial charge >= 0.3 is 0 Å². The summed E-state index contributed by atoms with van der Waals surface area (Å²) in [5, 5.41) is 4.99. The van der Waals surface area contributed by atoms with Crippen molar-refractivity contribution < 1.29 is 4.79 Å². The fourth-order valence-corrected chi connectivity index (χ4v) is 3.95. The molecule has 1 aliphatic carbocycles. The second-order valence-electron chi connectivity index (χ2n) is 7.14. The molecule has 0 aliphatic heterocycles. The van der Waals surface area contributed by atoms with Crippen molar-refractivity contribution in [2.75, 3.05) is 0 Å². The molecule has 1 saturated carbocycles. The van der Waals surface area contributed by atoms with Crippen LogP contribution in [0.5, 0.6) is 0 Å². The Hall–Kier alpha value is -2.91. The predicted molar refractivity (Wildman–Crippen MR) is 114 cm³/mol. The third-order valence-corrected chi connectivity index (χ3v) is 5.70. The highest BCUT2D eigenvalue weighted by molar-refractivity contribution is 6.30. The molecule has 1 aliphatic rings. The summed E-state index contributed by atoms with van der Waals surface area (Å²) in [7, 11) is 0. The van der Waals surface area contributed by atoms with E-state index in [-0.39, 0.29) is 17.2 Å². The van der Waals surface area contributed by atoms with Gasteiger partial charge in [-0.1, -0.05) is 84.4 Å². The molecule has 4 heteroatoms. The molecule has 0 saturated heterocycles. The van der Waals surface area contributed by atoms with E-state index in [0.29, 0.717) is 5.02 Å². The van der Waals surface area contributed by atoms with Gasteiger partial charge in [-0.3, -0.25) is 4.79 Å². The summed E-state index contributed by atoms with van der Waals surface area (Å²) in [5.41, 5.74) is 6.49. The van der Waals surface area contributed by atoms with Crippen molar-refractivity contribution in [3.05, 3.63) is 107 Å². The minimum absolute atomic E-state index is 0.0546. The monoisotopic (exact) mass is 388 g/mol. The molecule has 140 valence electrons. The molecular formula is C24H21ClN2O. The smallest absolute Gasteiger partial charge is 0.244 e. The lowest BCUT2D eigenvalue weighted by Crippen LogP contribution is -2.26. The van der Waals surface area contributed by atoms with E-state index < -0.39 is 0 Å². The maximum absolute atomic E-state index is 12.9. The average molecular weight is 389 g/mol. The number of rotatable bonds is 5. The van der Waals surface area contributed by atoms with Gasteiger partial charge in [-0.2, -0.15) is 5.10 Å². The molecule has 0 heterocycles. The fourth-order valence-electron chi connectivity index (χ4n) is 3.83. The molecule has 1 unspecified atom stereocenters. The van der Waals surface area contributed by atoms with Crippen LogP contribution in [0.2, 0.25) is 5.02 Å². The number of carbonyl (C=O) groups excluding carboxylic acids is 1. The Kier molecular flexibility index (Phi) is 5.01. The van der Waals surface area contributed by atoms with Crippen molar-refractivity contribution in [3.8, 4) is 0 Å². The van der Waals surface area contributed by atoms with E-state index in [4.69, 9.17) is 11.6 Å². The number of benzene rings is 3. The zero-order chi connectivity index (χ0) is 19.6. The summed E-state index contributed by atoms with van der Waals surface area (Å²) in [5.74, 6) is -0.194. The van der Waals surface area contributed by atoms with Crippen molar-refractivity contribution in [2.45, 2.75) is 18.8 Å². The number of hydrogen-bond donors (Lipinski definition) is 1. The topological polar surface area (TPSA) is 41.5 Å². The third kappa shape index (κ3) is 3.46. The number of amides is 1. The minimum atomic E-state index is -0.281. The molecule has 28 heavy (non-hydrogen) atoms. The van der Waals surface area contributed by atoms with Gasteiger partial charge in [-0.15, -0.1) is 0 Å². The van der Waals surface area contributed by atoms with Crippen LogP contribution in [0.1, 0.15) is 30.0 Å². The number of hydrogen-bond acceptors (Lipinski definition) is 2. The highest BCUT2D eigenvalue weighted by atomic mass is 35.5. The van der Waals surface area contributed by atoms with Crippen LogP contribution in [-0.2, 0) is 10.2 Å². The molecule has 0 aromatic heterocycles. The lowest BCUT2D eigenvalue weighted by molar-refractivity contribution is -0.122. The van der Waals surface area contributed by atoms with Gasteiger partial charge in [0.25, 0.3) is 0 Å². The molecule has 1 amide bonds. The summed E-state index contributed by atoms with van der Waals surface area (Å²) in [4.78, 5) is 12.9. The summed E-state index contributed by atoms with van der Waals surface area (Å²) in [6.07, 6.45) is 0.780. The molecular weight excluding hydrogens is 368 g/mol. The van der Waals surface area contributed by atoms with E-state index in [1.165, 1.54) is 11.1 Å². The first-order valence-electron chi connectivity index (χ1n) is 9.32. The molecule has 3 aromatic carbocycles. The van der Waals surface area contributed by atoms with E-state index in [0.717, 1.165) is 17.7 Å². The molecule has 0 radical (unpaired) electrons. The SMILES string of the molecule is C/C(=N/NC(=O)C1CC1(c1ccccc1)c1ccccc1)c1ccc(Cl)cc1. The minimum Gasteiger partial charge on any atom is -0.273 e. The van der Waals surface area contributed by atoms with Crippen LogP contribution in [0.25, 0.3) is 0 Å². The van der Waals surface area contributed by atoms with E-state index in [2.05, 4.69) is 34.8 Å². The maximum atomic E-state index is 12.9. The van der Waals surface area contributed by atoms with Crippen LogP contribution in [0.4, 0.5) is 0 Å². The number of nitrogens with one attached hydrogen (secondary N) is 1. The Morgan fingerprint density at radius 2 is 1.46 bits per heavy atom. The van der Waals surface area contributed by atoms with Gasteiger partial charge in [0.15, 0.2) is 0 Å². The number of nitrogens with zero attached hydrogens (tertiary/aromatic N) is 1. The van der Waals surface area contributed by atoms with Gasteiger partial charge in [-0.25, -0.2) is 5.43 Å². The maximum Gasteiger partial charge on any atom is 0.244 e. The Morgan fingerprint density at radius 3 is 2.00 bits per heavy atom. The van der Waals surface area contributed by atoms with Crippen molar-refractivity contribution in [1.29, 1.82) is 0 Å². The van der Waals surface area contributed by atoms with Gasteiger partial charge in [-0.05, 0) is 42.2 Å². The lowest BCUT2D eigenvalue weighted by Gasteiger charge is -2.18. The first-order valence-corrected chi connectivity index (χ1v) is 9.70. The quantitative estimate of drug-likeness (QED) is 0.474. The molecule has 1 fully saturated rings. The summed E-state index contributed by atoms with van der Waals surface area (Å²) >= 11 is 5.93. The van der Waals surface area contributed by atoms with Gasteiger partial charge in [0.1, 0.15) is 0 Å². The van der Waals surface area contributed by atoms with E-state index in [9.17, 15) is 4.79 Å². The average Bonchev–Trinajstić information content (AvgIpc) is 3.51. The zero-order valence-corrected chi connectivity index (χ0v) is 16.4. The first kappa shape index (κ1) is 18.5. The number of hydrazone groups is 1. The van der Waals surface area contributed by atoms with Crippen molar-refractivity contribution in [2.24, 2.45) is 11.0 Å². The second kappa shape index (κ2) is 7.61. The second-order valence-corrected chi connectivity index (χ2v) is 7.58. The summed E-state index contributed by atoms with van der Waals surface area (Å²) < 4.78 is 0. The molecule has 3 aromatic rings. The van der Waals surface area contributed by atoms with E-state index >= 15 is 0 Å². The first-order chi connectivity index (χ1) is 13.6. The Labute approximate surface area is 170 Å². The standard InChI is InChI=1S/C24H21ClN2O/c1-17(18-12-14-21(25)15-13-18)26-27-23(28)22-16-24(22,19-8-4-2-5-9-19)20-10-6-3-7-11-20/h2-15,22H,16H2,1H3,(H,27,28)/b26-17-. The van der Waals surface area contributed by atoms with Crippen LogP contribution < -0.4 is 5.43 Å². The van der Waals surface area contributed by atoms with Gasteiger partial charge < -0.3 is 0 Å². The molecule has 0 bridgehead atoms. The van der Waals surface area contributed by atoms with Crippen molar-refractivity contribution >= 4 is 23.2 Å².